The molecule has 0 radical (unpaired) electrons. The van der Waals surface area contributed by atoms with Crippen molar-refractivity contribution in [3.63, 3.8) is 0 Å². The summed E-state index contributed by atoms with van der Waals surface area (Å²) in [6, 6.07) is 7.61. The van der Waals surface area contributed by atoms with Gasteiger partial charge in [0.05, 0.1) is 10.5 Å². The highest BCUT2D eigenvalue weighted by molar-refractivity contribution is 9.11. The summed E-state index contributed by atoms with van der Waals surface area (Å²) in [6.45, 7) is 0. The third-order valence-electron chi connectivity index (χ3n) is 2.38. The number of rotatable bonds is 3. The summed E-state index contributed by atoms with van der Waals surface area (Å²) >= 11 is 6.34. The van der Waals surface area contributed by atoms with Crippen molar-refractivity contribution in [2.24, 2.45) is 0 Å². The minimum absolute atomic E-state index is 0.137. The predicted octanol–water partition coefficient (Wildman–Crippen LogP) is 3.77. The van der Waals surface area contributed by atoms with E-state index in [-0.39, 0.29) is 15.7 Å². The molecule has 1 aromatic carbocycles. The van der Waals surface area contributed by atoms with Gasteiger partial charge in [0.25, 0.3) is 11.6 Å². The average molecular weight is 401 g/mol. The zero-order valence-electron chi connectivity index (χ0n) is 9.84. The summed E-state index contributed by atoms with van der Waals surface area (Å²) in [6.07, 6.45) is 1.53. The lowest BCUT2D eigenvalue weighted by molar-refractivity contribution is -0.385. The van der Waals surface area contributed by atoms with Crippen molar-refractivity contribution < 1.29 is 9.72 Å². The number of nitrogens with one attached hydrogen (secondary N) is 1. The number of carbonyl (C=O) groups excluding carboxylic acids is 1. The summed E-state index contributed by atoms with van der Waals surface area (Å²) in [4.78, 5) is 26.4. The molecule has 2 rings (SSSR count). The molecule has 1 N–H and O–H groups in total. The molecule has 0 saturated heterocycles. The highest BCUT2D eigenvalue weighted by Crippen LogP contribution is 2.28. The molecule has 0 fully saturated rings. The summed E-state index contributed by atoms with van der Waals surface area (Å²) in [7, 11) is 0. The number of nitro benzene ring substituents is 1. The Morgan fingerprint density at radius 2 is 2.05 bits per heavy atom. The number of pyridine rings is 1. The Kier molecular flexibility index (Phi) is 4.46. The number of aromatic nitrogens is 1. The van der Waals surface area contributed by atoms with E-state index in [4.69, 9.17) is 0 Å². The van der Waals surface area contributed by atoms with Crippen LogP contribution in [0.4, 0.5) is 11.5 Å². The van der Waals surface area contributed by atoms with Gasteiger partial charge in [-0.2, -0.15) is 0 Å². The Morgan fingerprint density at radius 3 is 2.70 bits per heavy atom. The summed E-state index contributed by atoms with van der Waals surface area (Å²) < 4.78 is 0.901. The van der Waals surface area contributed by atoms with Gasteiger partial charge in [-0.15, -0.1) is 0 Å². The van der Waals surface area contributed by atoms with Crippen LogP contribution in [0, 0.1) is 10.1 Å². The lowest BCUT2D eigenvalue weighted by Gasteiger charge is -2.06. The third-order valence-corrected chi connectivity index (χ3v) is 3.71. The SMILES string of the molecule is O=C(Nc1cc(Br)ccn1)c1cccc([N+](=O)[O-])c1Br. The second kappa shape index (κ2) is 6.10. The van der Waals surface area contributed by atoms with Crippen molar-refractivity contribution in [3.8, 4) is 0 Å². The van der Waals surface area contributed by atoms with Crippen LogP contribution >= 0.6 is 31.9 Å². The Balaban J connectivity index is 2.30. The Morgan fingerprint density at radius 1 is 1.30 bits per heavy atom. The molecule has 0 unspecified atom stereocenters. The molecule has 1 aromatic heterocycles. The van der Waals surface area contributed by atoms with E-state index in [9.17, 15) is 14.9 Å². The molecule has 20 heavy (non-hydrogen) atoms. The van der Waals surface area contributed by atoms with E-state index in [1.54, 1.807) is 12.1 Å². The molecule has 0 atom stereocenters. The van der Waals surface area contributed by atoms with Gasteiger partial charge in [0.2, 0.25) is 0 Å². The molecule has 0 aliphatic rings. The van der Waals surface area contributed by atoms with E-state index >= 15 is 0 Å². The van der Waals surface area contributed by atoms with Gasteiger partial charge in [-0.25, -0.2) is 4.98 Å². The van der Waals surface area contributed by atoms with Crippen molar-refractivity contribution in [1.82, 2.24) is 4.98 Å². The van der Waals surface area contributed by atoms with Crippen LogP contribution in [0.3, 0.4) is 0 Å². The quantitative estimate of drug-likeness (QED) is 0.627. The normalized spacial score (nSPS) is 10.1. The number of benzene rings is 1. The number of hydrogen-bond acceptors (Lipinski definition) is 4. The minimum atomic E-state index is -0.557. The van der Waals surface area contributed by atoms with Crippen LogP contribution in [0.5, 0.6) is 0 Å². The Hall–Kier alpha value is -1.80. The molecular weight excluding hydrogens is 394 g/mol. The summed E-state index contributed by atoms with van der Waals surface area (Å²) in [5.41, 5.74) is 0.000766. The van der Waals surface area contributed by atoms with Crippen LogP contribution in [0.1, 0.15) is 10.4 Å². The molecule has 6 nitrogen and oxygen atoms in total. The molecular formula is C12H7Br2N3O3. The van der Waals surface area contributed by atoms with E-state index in [1.165, 1.54) is 24.4 Å². The van der Waals surface area contributed by atoms with Crippen LogP contribution in [0.15, 0.2) is 45.5 Å². The van der Waals surface area contributed by atoms with Crippen molar-refractivity contribution in [3.05, 3.63) is 61.2 Å². The van der Waals surface area contributed by atoms with Crippen molar-refractivity contribution in [2.75, 3.05) is 5.32 Å². The van der Waals surface area contributed by atoms with E-state index in [0.717, 1.165) is 4.47 Å². The highest BCUT2D eigenvalue weighted by atomic mass is 79.9. The van der Waals surface area contributed by atoms with Gasteiger partial charge in [-0.1, -0.05) is 22.0 Å². The Labute approximate surface area is 130 Å². The van der Waals surface area contributed by atoms with Crippen LogP contribution in [-0.4, -0.2) is 15.8 Å². The number of amides is 1. The van der Waals surface area contributed by atoms with Crippen molar-refractivity contribution >= 4 is 49.3 Å². The third kappa shape index (κ3) is 3.20. The zero-order chi connectivity index (χ0) is 14.7. The summed E-state index contributed by atoms with van der Waals surface area (Å²) in [5.74, 6) is -0.131. The smallest absolute Gasteiger partial charge is 0.284 e. The lowest BCUT2D eigenvalue weighted by Crippen LogP contribution is -2.14. The fourth-order valence-corrected chi connectivity index (χ4v) is 2.42. The molecule has 0 aliphatic carbocycles. The van der Waals surface area contributed by atoms with Crippen LogP contribution in [-0.2, 0) is 0 Å². The van der Waals surface area contributed by atoms with Gasteiger partial charge in [0.1, 0.15) is 10.3 Å². The number of halogens is 2. The van der Waals surface area contributed by atoms with E-state index in [0.29, 0.717) is 5.82 Å². The monoisotopic (exact) mass is 399 g/mol. The lowest BCUT2D eigenvalue weighted by atomic mass is 10.2. The molecule has 8 heteroatoms. The second-order valence-corrected chi connectivity index (χ2v) is 5.42. The van der Waals surface area contributed by atoms with Crippen LogP contribution in [0.2, 0.25) is 0 Å². The molecule has 1 heterocycles. The molecule has 0 spiro atoms. The average Bonchev–Trinajstić information content (AvgIpc) is 2.38. The van der Waals surface area contributed by atoms with Crippen LogP contribution in [0.25, 0.3) is 0 Å². The van der Waals surface area contributed by atoms with Crippen LogP contribution < -0.4 is 5.32 Å². The fourth-order valence-electron chi connectivity index (χ4n) is 1.49. The maximum atomic E-state index is 12.1. The van der Waals surface area contributed by atoms with E-state index in [1.807, 2.05) is 0 Å². The molecule has 0 bridgehead atoms. The first-order valence-electron chi connectivity index (χ1n) is 5.35. The number of hydrogen-bond donors (Lipinski definition) is 1. The fraction of sp³-hybridized carbons (Fsp3) is 0. The molecule has 1 amide bonds. The first kappa shape index (κ1) is 14.6. The predicted molar refractivity (Wildman–Crippen MR) is 80.7 cm³/mol. The highest BCUT2D eigenvalue weighted by Gasteiger charge is 2.19. The minimum Gasteiger partial charge on any atom is -0.306 e. The number of carbonyl (C=O) groups is 1. The van der Waals surface area contributed by atoms with Gasteiger partial charge in [0.15, 0.2) is 0 Å². The molecule has 102 valence electrons. The number of anilines is 1. The molecule has 2 aromatic rings. The standard InChI is InChI=1S/C12H7Br2N3O3/c13-7-4-5-15-10(6-7)16-12(18)8-2-1-3-9(11(8)14)17(19)20/h1-6H,(H,15,16,18). The Bertz CT molecular complexity index is 691. The zero-order valence-corrected chi connectivity index (χ0v) is 13.0. The van der Waals surface area contributed by atoms with Gasteiger partial charge in [0, 0.05) is 16.7 Å². The second-order valence-electron chi connectivity index (χ2n) is 3.71. The molecule has 0 saturated carbocycles. The maximum absolute atomic E-state index is 12.1. The van der Waals surface area contributed by atoms with Gasteiger partial charge >= 0.3 is 0 Å². The number of nitrogens with zero attached hydrogens (tertiary/aromatic N) is 2. The van der Waals surface area contributed by atoms with Crippen molar-refractivity contribution in [1.29, 1.82) is 0 Å². The summed E-state index contributed by atoms with van der Waals surface area (Å²) in [5, 5.41) is 13.4. The topological polar surface area (TPSA) is 85.1 Å². The van der Waals surface area contributed by atoms with Gasteiger partial charge < -0.3 is 5.32 Å². The number of nitro groups is 1. The van der Waals surface area contributed by atoms with Crippen molar-refractivity contribution in [2.45, 2.75) is 0 Å². The van der Waals surface area contributed by atoms with Gasteiger partial charge in [-0.05, 0) is 34.1 Å². The van der Waals surface area contributed by atoms with E-state index < -0.39 is 10.8 Å². The first-order chi connectivity index (χ1) is 9.49. The maximum Gasteiger partial charge on any atom is 0.284 e. The largest absolute Gasteiger partial charge is 0.306 e. The first-order valence-corrected chi connectivity index (χ1v) is 6.93. The van der Waals surface area contributed by atoms with E-state index in [2.05, 4.69) is 42.2 Å². The molecule has 0 aliphatic heterocycles. The van der Waals surface area contributed by atoms with Gasteiger partial charge in [-0.3, -0.25) is 14.9 Å².